The van der Waals surface area contributed by atoms with Gasteiger partial charge in [0.05, 0.1) is 0 Å². The number of aromatic nitrogens is 5. The Hall–Kier alpha value is -2.41. The van der Waals surface area contributed by atoms with Gasteiger partial charge in [0.2, 0.25) is 0 Å². The van der Waals surface area contributed by atoms with Gasteiger partial charge in [-0.3, -0.25) is 13.9 Å². The molecular formula is C12H10ClN5O2. The predicted octanol–water partition coefficient (Wildman–Crippen LogP) is 0.676. The molecule has 0 fully saturated rings. The lowest BCUT2D eigenvalue weighted by molar-refractivity contribution is 0.709. The van der Waals surface area contributed by atoms with Gasteiger partial charge < -0.3 is 4.98 Å². The molecule has 20 heavy (non-hydrogen) atoms. The van der Waals surface area contributed by atoms with Crippen LogP contribution in [0.1, 0.15) is 0 Å². The lowest BCUT2D eigenvalue weighted by Crippen LogP contribution is -2.36. The quantitative estimate of drug-likeness (QED) is 0.668. The van der Waals surface area contributed by atoms with Crippen molar-refractivity contribution in [2.24, 2.45) is 14.1 Å². The first-order valence-electron chi connectivity index (χ1n) is 5.76. The Morgan fingerprint density at radius 2 is 1.95 bits per heavy atom. The fourth-order valence-electron chi connectivity index (χ4n) is 1.98. The zero-order chi connectivity index (χ0) is 14.4. The summed E-state index contributed by atoms with van der Waals surface area (Å²) in [5, 5.41) is 0.369. The molecule has 3 aromatic heterocycles. The number of aryl methyl sites for hydroxylation is 1. The fraction of sp³-hybridized carbons (Fsp3) is 0.167. The van der Waals surface area contributed by atoms with Crippen LogP contribution in [-0.2, 0) is 14.1 Å². The minimum atomic E-state index is -0.421. The Morgan fingerprint density at radius 3 is 2.60 bits per heavy atom. The van der Waals surface area contributed by atoms with Gasteiger partial charge >= 0.3 is 5.69 Å². The lowest BCUT2D eigenvalue weighted by Gasteiger charge is -2.00. The molecule has 0 atom stereocenters. The SMILES string of the molecule is Cn1c(=O)c2[nH]c(-c3ccc(Cl)nc3)nc2n(C)c1=O. The van der Waals surface area contributed by atoms with Gasteiger partial charge in [-0.15, -0.1) is 0 Å². The van der Waals surface area contributed by atoms with Crippen molar-refractivity contribution in [1.29, 1.82) is 0 Å². The summed E-state index contributed by atoms with van der Waals surface area (Å²) in [6.45, 7) is 0. The first kappa shape index (κ1) is 12.6. The maximum Gasteiger partial charge on any atom is 0.332 e. The fourth-order valence-corrected chi connectivity index (χ4v) is 2.09. The van der Waals surface area contributed by atoms with Crippen molar-refractivity contribution in [2.45, 2.75) is 0 Å². The zero-order valence-electron chi connectivity index (χ0n) is 10.7. The maximum atomic E-state index is 12.0. The van der Waals surface area contributed by atoms with Gasteiger partial charge in [-0.25, -0.2) is 14.8 Å². The minimum Gasteiger partial charge on any atom is -0.332 e. The van der Waals surface area contributed by atoms with Crippen LogP contribution in [0.2, 0.25) is 5.15 Å². The lowest BCUT2D eigenvalue weighted by atomic mass is 10.3. The van der Waals surface area contributed by atoms with Crippen LogP contribution in [0.25, 0.3) is 22.6 Å². The summed E-state index contributed by atoms with van der Waals surface area (Å²) in [7, 11) is 2.99. The van der Waals surface area contributed by atoms with Gasteiger partial charge in [0.15, 0.2) is 5.65 Å². The third kappa shape index (κ3) is 1.75. The third-order valence-corrected chi connectivity index (χ3v) is 3.32. The van der Waals surface area contributed by atoms with E-state index >= 15 is 0 Å². The van der Waals surface area contributed by atoms with Gasteiger partial charge in [0, 0.05) is 25.9 Å². The number of pyridine rings is 1. The van der Waals surface area contributed by atoms with E-state index in [4.69, 9.17) is 11.6 Å². The van der Waals surface area contributed by atoms with E-state index in [1.807, 2.05) is 0 Å². The standard InChI is InChI=1S/C12H10ClN5O2/c1-17-10-8(11(19)18(2)12(17)20)15-9(16-10)6-3-4-7(13)14-5-6/h3-5H,1-2H3,(H,15,16). The summed E-state index contributed by atoms with van der Waals surface area (Å²) in [4.78, 5) is 35.0. The predicted molar refractivity (Wildman–Crippen MR) is 74.8 cm³/mol. The molecular weight excluding hydrogens is 282 g/mol. The van der Waals surface area contributed by atoms with Crippen LogP contribution in [0.15, 0.2) is 27.9 Å². The minimum absolute atomic E-state index is 0.277. The Balaban J connectivity index is 2.34. The number of nitrogens with zero attached hydrogens (tertiary/aromatic N) is 4. The van der Waals surface area contributed by atoms with E-state index in [0.29, 0.717) is 22.2 Å². The van der Waals surface area contributed by atoms with E-state index in [-0.39, 0.29) is 5.52 Å². The number of fused-ring (bicyclic) bond motifs is 1. The van der Waals surface area contributed by atoms with Crippen molar-refractivity contribution in [3.63, 3.8) is 0 Å². The van der Waals surface area contributed by atoms with E-state index in [1.165, 1.54) is 11.6 Å². The molecule has 0 aliphatic carbocycles. The molecule has 7 nitrogen and oxygen atoms in total. The molecule has 3 aromatic rings. The molecule has 0 saturated heterocycles. The van der Waals surface area contributed by atoms with Gasteiger partial charge in [-0.1, -0.05) is 11.6 Å². The summed E-state index contributed by atoms with van der Waals surface area (Å²) in [5.74, 6) is 0.461. The highest BCUT2D eigenvalue weighted by atomic mass is 35.5. The highest BCUT2D eigenvalue weighted by Crippen LogP contribution is 2.18. The largest absolute Gasteiger partial charge is 0.332 e. The van der Waals surface area contributed by atoms with Crippen LogP contribution >= 0.6 is 11.6 Å². The number of hydrogen-bond acceptors (Lipinski definition) is 4. The molecule has 102 valence electrons. The monoisotopic (exact) mass is 291 g/mol. The first-order valence-corrected chi connectivity index (χ1v) is 6.14. The van der Waals surface area contributed by atoms with E-state index in [1.54, 1.807) is 25.4 Å². The molecule has 0 radical (unpaired) electrons. The smallest absolute Gasteiger partial charge is 0.332 e. The number of halogens is 1. The van der Waals surface area contributed by atoms with Crippen molar-refractivity contribution < 1.29 is 0 Å². The molecule has 3 rings (SSSR count). The number of imidazole rings is 1. The summed E-state index contributed by atoms with van der Waals surface area (Å²) in [6, 6.07) is 3.36. The second-order valence-corrected chi connectivity index (χ2v) is 4.75. The van der Waals surface area contributed by atoms with Crippen LogP contribution in [-0.4, -0.2) is 24.1 Å². The van der Waals surface area contributed by atoms with Gasteiger partial charge in [0.25, 0.3) is 5.56 Å². The topological polar surface area (TPSA) is 85.6 Å². The molecule has 0 aromatic carbocycles. The second-order valence-electron chi connectivity index (χ2n) is 4.36. The number of rotatable bonds is 1. The highest BCUT2D eigenvalue weighted by Gasteiger charge is 2.14. The molecule has 1 N–H and O–H groups in total. The number of H-pyrrole nitrogens is 1. The second kappa shape index (κ2) is 4.31. The third-order valence-electron chi connectivity index (χ3n) is 3.10. The number of nitrogens with one attached hydrogen (secondary N) is 1. The normalized spacial score (nSPS) is 11.2. The Labute approximate surface area is 117 Å². The van der Waals surface area contributed by atoms with Crippen LogP contribution in [0.4, 0.5) is 0 Å². The summed E-state index contributed by atoms with van der Waals surface area (Å²) >= 11 is 5.73. The molecule has 0 saturated carbocycles. The van der Waals surface area contributed by atoms with Crippen LogP contribution in [0.3, 0.4) is 0 Å². The van der Waals surface area contributed by atoms with Crippen molar-refractivity contribution in [3.8, 4) is 11.4 Å². The summed E-state index contributed by atoms with van der Waals surface area (Å²) < 4.78 is 2.35. The molecule has 0 amide bonds. The van der Waals surface area contributed by atoms with Crippen molar-refractivity contribution >= 4 is 22.8 Å². The molecule has 8 heteroatoms. The number of hydrogen-bond donors (Lipinski definition) is 1. The Bertz CT molecular complexity index is 920. The molecule has 3 heterocycles. The van der Waals surface area contributed by atoms with Crippen molar-refractivity contribution in [2.75, 3.05) is 0 Å². The summed E-state index contributed by atoms with van der Waals surface area (Å²) in [5.41, 5.74) is 0.432. The molecule has 0 aliphatic rings. The average molecular weight is 292 g/mol. The molecule has 0 aliphatic heterocycles. The average Bonchev–Trinajstić information content (AvgIpc) is 2.89. The van der Waals surface area contributed by atoms with E-state index in [9.17, 15) is 9.59 Å². The van der Waals surface area contributed by atoms with Gasteiger partial charge in [-0.05, 0) is 12.1 Å². The Kier molecular flexibility index (Phi) is 2.72. The Morgan fingerprint density at radius 1 is 1.20 bits per heavy atom. The maximum absolute atomic E-state index is 12.0. The number of aromatic amines is 1. The molecule has 0 unspecified atom stereocenters. The highest BCUT2D eigenvalue weighted by molar-refractivity contribution is 6.29. The first-order chi connectivity index (χ1) is 9.49. The van der Waals surface area contributed by atoms with E-state index in [2.05, 4.69) is 15.0 Å². The van der Waals surface area contributed by atoms with Crippen LogP contribution in [0, 0.1) is 0 Å². The van der Waals surface area contributed by atoms with Crippen molar-refractivity contribution in [1.82, 2.24) is 24.1 Å². The van der Waals surface area contributed by atoms with Crippen LogP contribution in [0.5, 0.6) is 0 Å². The van der Waals surface area contributed by atoms with Gasteiger partial charge in [0.1, 0.15) is 16.5 Å². The molecule has 0 bridgehead atoms. The van der Waals surface area contributed by atoms with Crippen molar-refractivity contribution in [3.05, 3.63) is 44.3 Å². The van der Waals surface area contributed by atoms with Gasteiger partial charge in [-0.2, -0.15) is 0 Å². The van der Waals surface area contributed by atoms with E-state index in [0.717, 1.165) is 4.57 Å². The zero-order valence-corrected chi connectivity index (χ0v) is 11.5. The van der Waals surface area contributed by atoms with Crippen LogP contribution < -0.4 is 11.2 Å². The van der Waals surface area contributed by atoms with E-state index < -0.39 is 11.2 Å². The molecule has 0 spiro atoms. The summed E-state index contributed by atoms with van der Waals surface area (Å²) in [6.07, 6.45) is 1.54.